The van der Waals surface area contributed by atoms with Gasteiger partial charge in [-0.3, -0.25) is 4.79 Å². The number of rotatable bonds is 5. The van der Waals surface area contributed by atoms with Crippen molar-refractivity contribution in [3.8, 4) is 0 Å². The summed E-state index contributed by atoms with van der Waals surface area (Å²) in [6, 6.07) is 3.50. The smallest absolute Gasteiger partial charge is 0.223 e. The summed E-state index contributed by atoms with van der Waals surface area (Å²) in [6.07, 6.45) is 5.14. The Morgan fingerprint density at radius 2 is 1.86 bits per heavy atom. The molecule has 1 aliphatic rings. The van der Waals surface area contributed by atoms with Gasteiger partial charge in [0.2, 0.25) is 5.91 Å². The Balaban J connectivity index is 2.22. The number of thiol groups is 1. The zero-order chi connectivity index (χ0) is 16.3. The Bertz CT molecular complexity index is 542. The van der Waals surface area contributed by atoms with Crippen molar-refractivity contribution in [2.24, 2.45) is 11.8 Å². The maximum absolute atomic E-state index is 12.5. The zero-order valence-electron chi connectivity index (χ0n) is 13.0. The van der Waals surface area contributed by atoms with E-state index >= 15 is 0 Å². The van der Waals surface area contributed by atoms with Crippen molar-refractivity contribution in [2.45, 2.75) is 56.9 Å². The van der Waals surface area contributed by atoms with E-state index < -0.39 is 0 Å². The van der Waals surface area contributed by atoms with Gasteiger partial charge < -0.3 is 5.32 Å². The molecule has 1 N–H and O–H groups in total. The Kier molecular flexibility index (Phi) is 6.48. The average molecular weight is 360 g/mol. The van der Waals surface area contributed by atoms with Crippen molar-refractivity contribution < 1.29 is 4.79 Å². The average Bonchev–Trinajstić information content (AvgIpc) is 2.95. The lowest BCUT2D eigenvalue weighted by molar-refractivity contribution is -0.125. The van der Waals surface area contributed by atoms with Gasteiger partial charge in [-0.05, 0) is 42.9 Å². The van der Waals surface area contributed by atoms with Crippen molar-refractivity contribution in [1.82, 2.24) is 5.32 Å². The molecule has 1 atom stereocenters. The van der Waals surface area contributed by atoms with Gasteiger partial charge in [0.15, 0.2) is 0 Å². The van der Waals surface area contributed by atoms with Crippen LogP contribution in [0.4, 0.5) is 0 Å². The molecular weight excluding hydrogens is 337 g/mol. The second kappa shape index (κ2) is 7.94. The van der Waals surface area contributed by atoms with Crippen LogP contribution in [-0.4, -0.2) is 5.91 Å². The van der Waals surface area contributed by atoms with E-state index in [1.165, 1.54) is 0 Å². The predicted molar refractivity (Wildman–Crippen MR) is 96.0 cm³/mol. The predicted octanol–water partition coefficient (Wildman–Crippen LogP) is 5.68. The normalized spacial score (nSPS) is 17.0. The van der Waals surface area contributed by atoms with Crippen LogP contribution >= 0.6 is 35.8 Å². The van der Waals surface area contributed by atoms with Crippen LogP contribution in [0.15, 0.2) is 17.0 Å². The fourth-order valence-electron chi connectivity index (χ4n) is 3.04. The zero-order valence-corrected chi connectivity index (χ0v) is 15.4. The Labute approximate surface area is 148 Å². The van der Waals surface area contributed by atoms with E-state index in [0.29, 0.717) is 16.0 Å². The molecule has 1 aliphatic carbocycles. The molecule has 1 aromatic carbocycles. The largest absolute Gasteiger partial charge is 0.349 e. The van der Waals surface area contributed by atoms with Gasteiger partial charge in [-0.15, -0.1) is 12.6 Å². The molecule has 22 heavy (non-hydrogen) atoms. The van der Waals surface area contributed by atoms with Crippen molar-refractivity contribution in [3.05, 3.63) is 27.7 Å². The summed E-state index contributed by atoms with van der Waals surface area (Å²) >= 11 is 16.7. The first-order valence-corrected chi connectivity index (χ1v) is 9.07. The van der Waals surface area contributed by atoms with Gasteiger partial charge in [-0.1, -0.05) is 49.9 Å². The van der Waals surface area contributed by atoms with Crippen molar-refractivity contribution in [3.63, 3.8) is 0 Å². The fraction of sp³-hybridized carbons (Fsp3) is 0.588. The molecule has 1 fully saturated rings. The van der Waals surface area contributed by atoms with Gasteiger partial charge in [0.05, 0.1) is 16.1 Å². The molecule has 1 unspecified atom stereocenters. The van der Waals surface area contributed by atoms with Gasteiger partial charge >= 0.3 is 0 Å². The first kappa shape index (κ1) is 18.0. The Hall–Kier alpha value is -0.380. The van der Waals surface area contributed by atoms with Gasteiger partial charge in [0.25, 0.3) is 0 Å². The van der Waals surface area contributed by atoms with E-state index in [-0.39, 0.29) is 17.9 Å². The second-order valence-electron chi connectivity index (χ2n) is 6.50. The summed E-state index contributed by atoms with van der Waals surface area (Å²) in [5, 5.41) is 4.19. The van der Waals surface area contributed by atoms with E-state index in [0.717, 1.165) is 42.6 Å². The number of hydrogen-bond acceptors (Lipinski definition) is 2. The highest BCUT2D eigenvalue weighted by Gasteiger charge is 2.26. The summed E-state index contributed by atoms with van der Waals surface area (Å²) < 4.78 is 0. The van der Waals surface area contributed by atoms with E-state index in [1.54, 1.807) is 6.07 Å². The van der Waals surface area contributed by atoms with E-state index in [1.807, 2.05) is 6.07 Å². The molecule has 122 valence electrons. The van der Waals surface area contributed by atoms with Crippen molar-refractivity contribution in [2.75, 3.05) is 0 Å². The minimum atomic E-state index is -0.0737. The van der Waals surface area contributed by atoms with Crippen LogP contribution in [0.25, 0.3) is 0 Å². The minimum absolute atomic E-state index is 0.0737. The molecule has 5 heteroatoms. The molecule has 0 aromatic heterocycles. The monoisotopic (exact) mass is 359 g/mol. The lowest BCUT2D eigenvalue weighted by Crippen LogP contribution is -2.34. The number of benzene rings is 1. The van der Waals surface area contributed by atoms with Crippen LogP contribution in [0.5, 0.6) is 0 Å². The highest BCUT2D eigenvalue weighted by molar-refractivity contribution is 7.80. The van der Waals surface area contributed by atoms with Crippen LogP contribution in [-0.2, 0) is 4.79 Å². The molecule has 2 nitrogen and oxygen atoms in total. The molecule has 2 rings (SSSR count). The van der Waals surface area contributed by atoms with Crippen molar-refractivity contribution >= 4 is 41.7 Å². The third kappa shape index (κ3) is 4.56. The molecule has 0 aliphatic heterocycles. The van der Waals surface area contributed by atoms with Gasteiger partial charge in [0.1, 0.15) is 0 Å². The molecule has 0 spiro atoms. The highest BCUT2D eigenvalue weighted by atomic mass is 35.5. The first-order valence-electron chi connectivity index (χ1n) is 7.86. The highest BCUT2D eigenvalue weighted by Crippen LogP contribution is 2.34. The Morgan fingerprint density at radius 1 is 1.27 bits per heavy atom. The lowest BCUT2D eigenvalue weighted by Gasteiger charge is -2.24. The van der Waals surface area contributed by atoms with Crippen LogP contribution in [0.2, 0.25) is 10.0 Å². The van der Waals surface area contributed by atoms with Crippen LogP contribution in [0, 0.1) is 11.8 Å². The summed E-state index contributed by atoms with van der Waals surface area (Å²) in [4.78, 5) is 13.2. The van der Waals surface area contributed by atoms with Crippen LogP contribution in [0.3, 0.4) is 0 Å². The van der Waals surface area contributed by atoms with E-state index in [9.17, 15) is 4.79 Å². The summed E-state index contributed by atoms with van der Waals surface area (Å²) in [5.41, 5.74) is 0.942. The standard InChI is InChI=1S/C17H23Cl2NOS/c1-10(2)7-15(20-17(21)11-5-3-4-6-11)12-8-13(18)14(19)9-16(12)22/h8-11,15,22H,3-7H2,1-2H3,(H,20,21). The maximum Gasteiger partial charge on any atom is 0.223 e. The summed E-state index contributed by atoms with van der Waals surface area (Å²) in [6.45, 7) is 4.29. The summed E-state index contributed by atoms with van der Waals surface area (Å²) in [7, 11) is 0. The maximum atomic E-state index is 12.5. The molecule has 0 bridgehead atoms. The third-order valence-electron chi connectivity index (χ3n) is 4.19. The van der Waals surface area contributed by atoms with Crippen LogP contribution < -0.4 is 5.32 Å². The minimum Gasteiger partial charge on any atom is -0.349 e. The molecule has 1 amide bonds. The third-order valence-corrected chi connectivity index (χ3v) is 5.30. The number of halogens is 2. The van der Waals surface area contributed by atoms with Gasteiger partial charge in [0, 0.05) is 10.8 Å². The molecule has 1 saturated carbocycles. The topological polar surface area (TPSA) is 29.1 Å². The van der Waals surface area contributed by atoms with Gasteiger partial charge in [-0.2, -0.15) is 0 Å². The lowest BCUT2D eigenvalue weighted by atomic mass is 9.95. The number of hydrogen-bond donors (Lipinski definition) is 2. The molecule has 0 heterocycles. The Morgan fingerprint density at radius 3 is 2.45 bits per heavy atom. The molecule has 0 radical (unpaired) electrons. The number of carbonyl (C=O) groups is 1. The number of carbonyl (C=O) groups excluding carboxylic acids is 1. The summed E-state index contributed by atoms with van der Waals surface area (Å²) in [5.74, 6) is 0.763. The SMILES string of the molecule is CC(C)CC(NC(=O)C1CCCC1)c1cc(Cl)c(Cl)cc1S. The molecular formula is C17H23Cl2NOS. The molecule has 0 saturated heterocycles. The van der Waals surface area contributed by atoms with Gasteiger partial charge in [-0.25, -0.2) is 0 Å². The fourth-order valence-corrected chi connectivity index (χ4v) is 3.80. The molecule has 1 aromatic rings. The number of nitrogens with one attached hydrogen (secondary N) is 1. The van der Waals surface area contributed by atoms with Crippen molar-refractivity contribution in [1.29, 1.82) is 0 Å². The quantitative estimate of drug-likeness (QED) is 0.650. The first-order chi connectivity index (χ1) is 10.4. The second-order valence-corrected chi connectivity index (χ2v) is 7.79. The van der Waals surface area contributed by atoms with E-state index in [2.05, 4.69) is 31.8 Å². The number of amides is 1. The van der Waals surface area contributed by atoms with Crippen LogP contribution in [0.1, 0.15) is 57.6 Å². The van der Waals surface area contributed by atoms with E-state index in [4.69, 9.17) is 23.2 Å².